The zero-order valence-corrected chi connectivity index (χ0v) is 10.2. The molecule has 1 saturated carbocycles. The van der Waals surface area contributed by atoms with E-state index >= 15 is 0 Å². The summed E-state index contributed by atoms with van der Waals surface area (Å²) >= 11 is 0. The van der Waals surface area contributed by atoms with Gasteiger partial charge in [0, 0.05) is 32.1 Å². The van der Waals surface area contributed by atoms with Crippen molar-refractivity contribution >= 4 is 12.0 Å². The molecule has 2 aliphatic heterocycles. The Bertz CT molecular complexity index is 380. The number of hydrogen-bond donors (Lipinski definition) is 2. The fraction of sp³-hybridized carbons (Fsp3) is 0.833. The topological polar surface area (TPSA) is 81.1 Å². The summed E-state index contributed by atoms with van der Waals surface area (Å²) in [6.07, 6.45) is 1.58. The van der Waals surface area contributed by atoms with Crippen LogP contribution >= 0.6 is 0 Å². The van der Waals surface area contributed by atoms with E-state index in [1.54, 1.807) is 9.80 Å². The molecule has 2 N–H and O–H groups in total. The Morgan fingerprint density at radius 2 is 1.67 bits per heavy atom. The molecule has 100 valence electrons. The van der Waals surface area contributed by atoms with E-state index in [-0.39, 0.29) is 18.1 Å². The lowest BCUT2D eigenvalue weighted by Crippen LogP contribution is -2.56. The van der Waals surface area contributed by atoms with Crippen molar-refractivity contribution in [1.29, 1.82) is 0 Å². The average Bonchev–Trinajstić information content (AvgIpc) is 2.78. The highest BCUT2D eigenvalue weighted by Gasteiger charge is 2.46. The molecule has 2 heterocycles. The number of carbonyl (C=O) groups excluding carboxylic acids is 1. The summed E-state index contributed by atoms with van der Waals surface area (Å²) in [5.41, 5.74) is 0. The van der Waals surface area contributed by atoms with Gasteiger partial charge in [-0.1, -0.05) is 0 Å². The Hall–Kier alpha value is -1.30. The number of amides is 2. The SMILES string of the molecule is O=C(O)C1CN(C(=O)N2CC3CCC(O)C3C2)C1. The fourth-order valence-electron chi connectivity index (χ4n) is 3.38. The molecule has 18 heavy (non-hydrogen) atoms. The smallest absolute Gasteiger partial charge is 0.320 e. The van der Waals surface area contributed by atoms with Gasteiger partial charge < -0.3 is 20.0 Å². The van der Waals surface area contributed by atoms with Gasteiger partial charge in [0.15, 0.2) is 0 Å². The molecule has 1 aliphatic carbocycles. The largest absolute Gasteiger partial charge is 0.481 e. The number of fused-ring (bicyclic) bond motifs is 1. The Balaban J connectivity index is 1.55. The average molecular weight is 254 g/mol. The monoisotopic (exact) mass is 254 g/mol. The van der Waals surface area contributed by atoms with Crippen LogP contribution in [-0.4, -0.2) is 64.3 Å². The standard InChI is InChI=1S/C12H18N2O4/c15-10-2-1-7-3-14(6-9(7)10)12(18)13-4-8(5-13)11(16)17/h7-10,15H,1-6H2,(H,16,17). The first-order valence-electron chi connectivity index (χ1n) is 6.51. The number of carbonyl (C=O) groups is 2. The summed E-state index contributed by atoms with van der Waals surface area (Å²) in [5, 5.41) is 18.6. The number of urea groups is 1. The quantitative estimate of drug-likeness (QED) is 0.680. The molecule has 3 aliphatic rings. The van der Waals surface area contributed by atoms with E-state index in [2.05, 4.69) is 0 Å². The third kappa shape index (κ3) is 1.75. The summed E-state index contributed by atoms with van der Waals surface area (Å²) in [6.45, 7) is 1.98. The number of likely N-dealkylation sites (tertiary alicyclic amines) is 2. The van der Waals surface area contributed by atoms with Crippen molar-refractivity contribution in [3.8, 4) is 0 Å². The van der Waals surface area contributed by atoms with Gasteiger partial charge in [0.25, 0.3) is 0 Å². The highest BCUT2D eigenvalue weighted by molar-refractivity contribution is 5.80. The summed E-state index contributed by atoms with van der Waals surface area (Å²) in [5.74, 6) is -0.569. The Morgan fingerprint density at radius 1 is 1.00 bits per heavy atom. The summed E-state index contributed by atoms with van der Waals surface area (Å²) in [6, 6.07) is -0.0610. The lowest BCUT2D eigenvalue weighted by Gasteiger charge is -2.39. The van der Waals surface area contributed by atoms with E-state index < -0.39 is 11.9 Å². The first kappa shape index (κ1) is 11.8. The van der Waals surface area contributed by atoms with Gasteiger partial charge in [-0.05, 0) is 18.8 Å². The number of aliphatic hydroxyl groups is 1. The second-order valence-electron chi connectivity index (χ2n) is 5.70. The van der Waals surface area contributed by atoms with Crippen molar-refractivity contribution in [2.75, 3.05) is 26.2 Å². The molecule has 3 fully saturated rings. The van der Waals surface area contributed by atoms with Crippen LogP contribution in [0.15, 0.2) is 0 Å². The summed E-state index contributed by atoms with van der Waals surface area (Å²) < 4.78 is 0. The number of aliphatic carboxylic acids is 1. The van der Waals surface area contributed by atoms with E-state index in [9.17, 15) is 14.7 Å². The zero-order chi connectivity index (χ0) is 12.9. The maximum Gasteiger partial charge on any atom is 0.320 e. The molecule has 0 radical (unpaired) electrons. The third-order valence-corrected chi connectivity index (χ3v) is 4.59. The lowest BCUT2D eigenvalue weighted by atomic mass is 10.00. The van der Waals surface area contributed by atoms with Crippen LogP contribution in [0, 0.1) is 17.8 Å². The number of rotatable bonds is 1. The molecule has 0 aromatic carbocycles. The van der Waals surface area contributed by atoms with E-state index in [0.29, 0.717) is 25.6 Å². The normalized spacial score (nSPS) is 35.5. The molecule has 3 unspecified atom stereocenters. The molecule has 0 aromatic rings. The number of carboxylic acids is 1. The van der Waals surface area contributed by atoms with Gasteiger partial charge in [-0.25, -0.2) is 4.79 Å². The molecule has 6 heteroatoms. The minimum absolute atomic E-state index is 0.0610. The maximum atomic E-state index is 12.1. The predicted molar refractivity (Wildman–Crippen MR) is 61.9 cm³/mol. The van der Waals surface area contributed by atoms with Gasteiger partial charge in [-0.2, -0.15) is 0 Å². The van der Waals surface area contributed by atoms with Gasteiger partial charge in [-0.15, -0.1) is 0 Å². The van der Waals surface area contributed by atoms with Crippen molar-refractivity contribution in [2.45, 2.75) is 18.9 Å². The number of nitrogens with zero attached hydrogens (tertiary/aromatic N) is 2. The summed E-state index contributed by atoms with van der Waals surface area (Å²) in [4.78, 5) is 26.2. The van der Waals surface area contributed by atoms with Crippen LogP contribution in [0.25, 0.3) is 0 Å². The van der Waals surface area contributed by atoms with E-state index in [4.69, 9.17) is 5.11 Å². The Morgan fingerprint density at radius 3 is 2.28 bits per heavy atom. The van der Waals surface area contributed by atoms with Crippen LogP contribution in [0.1, 0.15) is 12.8 Å². The molecule has 0 aromatic heterocycles. The minimum atomic E-state index is -0.826. The van der Waals surface area contributed by atoms with Gasteiger partial charge >= 0.3 is 12.0 Å². The van der Waals surface area contributed by atoms with Crippen molar-refractivity contribution in [3.63, 3.8) is 0 Å². The van der Waals surface area contributed by atoms with E-state index in [0.717, 1.165) is 19.4 Å². The van der Waals surface area contributed by atoms with Crippen LogP contribution in [-0.2, 0) is 4.79 Å². The first-order valence-corrected chi connectivity index (χ1v) is 6.51. The molecule has 6 nitrogen and oxygen atoms in total. The van der Waals surface area contributed by atoms with Crippen LogP contribution in [0.2, 0.25) is 0 Å². The fourth-order valence-corrected chi connectivity index (χ4v) is 3.38. The summed E-state index contributed by atoms with van der Waals surface area (Å²) in [7, 11) is 0. The van der Waals surface area contributed by atoms with Gasteiger partial charge in [0.05, 0.1) is 12.0 Å². The lowest BCUT2D eigenvalue weighted by molar-refractivity contribution is -0.146. The zero-order valence-electron chi connectivity index (χ0n) is 10.2. The number of hydrogen-bond acceptors (Lipinski definition) is 3. The van der Waals surface area contributed by atoms with Gasteiger partial charge in [0.2, 0.25) is 0 Å². The molecule has 0 spiro atoms. The van der Waals surface area contributed by atoms with E-state index in [1.165, 1.54) is 0 Å². The molecule has 2 saturated heterocycles. The molecule has 2 amide bonds. The molecule has 3 rings (SSSR count). The van der Waals surface area contributed by atoms with Crippen molar-refractivity contribution in [1.82, 2.24) is 9.80 Å². The van der Waals surface area contributed by atoms with Crippen molar-refractivity contribution in [2.24, 2.45) is 17.8 Å². The minimum Gasteiger partial charge on any atom is -0.481 e. The van der Waals surface area contributed by atoms with Gasteiger partial charge in [-0.3, -0.25) is 4.79 Å². The Labute approximate surface area is 105 Å². The van der Waals surface area contributed by atoms with Crippen molar-refractivity contribution in [3.05, 3.63) is 0 Å². The first-order chi connectivity index (χ1) is 8.56. The van der Waals surface area contributed by atoms with Crippen LogP contribution in [0.4, 0.5) is 4.79 Å². The van der Waals surface area contributed by atoms with Crippen LogP contribution in [0.5, 0.6) is 0 Å². The molecular formula is C12H18N2O4. The second-order valence-corrected chi connectivity index (χ2v) is 5.70. The van der Waals surface area contributed by atoms with Crippen LogP contribution in [0.3, 0.4) is 0 Å². The number of carboxylic acid groups (broad SMARTS) is 1. The number of aliphatic hydroxyl groups excluding tert-OH is 1. The Kier molecular flexibility index (Phi) is 2.69. The maximum absolute atomic E-state index is 12.1. The van der Waals surface area contributed by atoms with Crippen molar-refractivity contribution < 1.29 is 19.8 Å². The van der Waals surface area contributed by atoms with E-state index in [1.807, 2.05) is 0 Å². The molecule has 3 atom stereocenters. The highest BCUT2D eigenvalue weighted by atomic mass is 16.4. The molecular weight excluding hydrogens is 236 g/mol. The molecule has 0 bridgehead atoms. The van der Waals surface area contributed by atoms with Gasteiger partial charge in [0.1, 0.15) is 0 Å². The van der Waals surface area contributed by atoms with Crippen LogP contribution < -0.4 is 0 Å². The third-order valence-electron chi connectivity index (χ3n) is 4.59. The highest BCUT2D eigenvalue weighted by Crippen LogP contribution is 2.38. The predicted octanol–water partition coefficient (Wildman–Crippen LogP) is -0.175. The second kappa shape index (κ2) is 4.12.